The highest BCUT2D eigenvalue weighted by molar-refractivity contribution is 5.01. The van der Waals surface area contributed by atoms with Crippen LogP contribution in [0.2, 0.25) is 0 Å². The molecule has 0 saturated heterocycles. The van der Waals surface area contributed by atoms with E-state index in [2.05, 4.69) is 27.7 Å². The SMILES string of the molecule is CCCC(CCC)(OC)C(CCC)(CCC)OC. The van der Waals surface area contributed by atoms with Gasteiger partial charge in [-0.3, -0.25) is 0 Å². The van der Waals surface area contributed by atoms with E-state index in [1.165, 1.54) is 0 Å². The Balaban J connectivity index is 5.39. The first kappa shape index (κ1) is 17.9. The lowest BCUT2D eigenvalue weighted by Gasteiger charge is -2.49. The maximum atomic E-state index is 6.06. The third-order valence-electron chi connectivity index (χ3n) is 4.23. The second kappa shape index (κ2) is 8.92. The van der Waals surface area contributed by atoms with Crippen LogP contribution in [0.1, 0.15) is 79.1 Å². The van der Waals surface area contributed by atoms with Crippen molar-refractivity contribution in [3.63, 3.8) is 0 Å². The molecule has 0 bridgehead atoms. The minimum Gasteiger partial charge on any atom is -0.375 e. The lowest BCUT2D eigenvalue weighted by Crippen LogP contribution is -2.56. The van der Waals surface area contributed by atoms with Gasteiger partial charge in [-0.05, 0) is 25.7 Å². The van der Waals surface area contributed by atoms with Crippen molar-refractivity contribution in [2.45, 2.75) is 90.3 Å². The van der Waals surface area contributed by atoms with Crippen LogP contribution in [0.15, 0.2) is 0 Å². The van der Waals surface area contributed by atoms with Gasteiger partial charge >= 0.3 is 0 Å². The molecule has 0 aromatic heterocycles. The van der Waals surface area contributed by atoms with Crippen LogP contribution < -0.4 is 0 Å². The molecule has 0 aromatic carbocycles. The quantitative estimate of drug-likeness (QED) is 0.521. The Bertz CT molecular complexity index is 167. The number of hydrogen-bond donors (Lipinski definition) is 0. The summed E-state index contributed by atoms with van der Waals surface area (Å²) in [6.45, 7) is 8.95. The molecule has 0 aliphatic carbocycles. The van der Waals surface area contributed by atoms with Crippen molar-refractivity contribution < 1.29 is 9.47 Å². The van der Waals surface area contributed by atoms with Crippen LogP contribution >= 0.6 is 0 Å². The number of methoxy groups -OCH3 is 2. The summed E-state index contributed by atoms with van der Waals surface area (Å²) in [5, 5.41) is 0. The van der Waals surface area contributed by atoms with E-state index >= 15 is 0 Å². The van der Waals surface area contributed by atoms with Gasteiger partial charge in [0.25, 0.3) is 0 Å². The molecule has 2 nitrogen and oxygen atoms in total. The maximum absolute atomic E-state index is 6.06. The molecular weight excluding hydrogens is 224 g/mol. The van der Waals surface area contributed by atoms with E-state index in [0.29, 0.717) is 0 Å². The zero-order valence-electron chi connectivity index (χ0n) is 13.5. The van der Waals surface area contributed by atoms with E-state index < -0.39 is 0 Å². The molecule has 0 saturated carbocycles. The Morgan fingerprint density at radius 3 is 0.889 bits per heavy atom. The van der Waals surface area contributed by atoms with E-state index in [9.17, 15) is 0 Å². The first-order chi connectivity index (χ1) is 8.61. The maximum Gasteiger partial charge on any atom is 0.0966 e. The molecule has 110 valence electrons. The standard InChI is InChI=1S/C16H34O2/c1-7-11-15(17-5,12-8-2)16(18-6,13-9-3)14-10-4/h7-14H2,1-6H3. The minimum absolute atomic E-state index is 0.114. The fourth-order valence-electron chi connectivity index (χ4n) is 3.56. The third kappa shape index (κ3) is 3.71. The Labute approximate surface area is 114 Å². The zero-order chi connectivity index (χ0) is 14.1. The van der Waals surface area contributed by atoms with Gasteiger partial charge in [0.2, 0.25) is 0 Å². The molecule has 0 amide bonds. The van der Waals surface area contributed by atoms with E-state index in [4.69, 9.17) is 9.47 Å². The van der Waals surface area contributed by atoms with E-state index in [-0.39, 0.29) is 11.2 Å². The number of hydrogen-bond acceptors (Lipinski definition) is 2. The molecule has 0 aromatic rings. The Morgan fingerprint density at radius 1 is 0.556 bits per heavy atom. The predicted octanol–water partition coefficient (Wildman–Crippen LogP) is 4.96. The summed E-state index contributed by atoms with van der Waals surface area (Å²) >= 11 is 0. The molecule has 0 N–H and O–H groups in total. The van der Waals surface area contributed by atoms with Crippen LogP contribution in [-0.4, -0.2) is 25.4 Å². The van der Waals surface area contributed by atoms with Crippen LogP contribution in [-0.2, 0) is 9.47 Å². The summed E-state index contributed by atoms with van der Waals surface area (Å²) in [6.07, 6.45) is 8.93. The van der Waals surface area contributed by atoms with Gasteiger partial charge < -0.3 is 9.47 Å². The lowest BCUT2D eigenvalue weighted by molar-refractivity contribution is -0.201. The highest BCUT2D eigenvalue weighted by atomic mass is 16.5. The van der Waals surface area contributed by atoms with Gasteiger partial charge in [0.1, 0.15) is 0 Å². The van der Waals surface area contributed by atoms with Gasteiger partial charge in [0.15, 0.2) is 0 Å². The van der Waals surface area contributed by atoms with Crippen LogP contribution in [0.3, 0.4) is 0 Å². The molecule has 0 rings (SSSR count). The van der Waals surface area contributed by atoms with Gasteiger partial charge in [-0.1, -0.05) is 53.4 Å². The summed E-state index contributed by atoms with van der Waals surface area (Å²) in [7, 11) is 3.73. The fraction of sp³-hybridized carbons (Fsp3) is 1.00. The number of ether oxygens (including phenoxy) is 2. The van der Waals surface area contributed by atoms with Gasteiger partial charge in [0.05, 0.1) is 11.2 Å². The van der Waals surface area contributed by atoms with Gasteiger partial charge in [0, 0.05) is 14.2 Å². The molecule has 0 aliphatic heterocycles. The minimum atomic E-state index is -0.114. The molecule has 18 heavy (non-hydrogen) atoms. The fourth-order valence-corrected chi connectivity index (χ4v) is 3.56. The van der Waals surface area contributed by atoms with Crippen molar-refractivity contribution in [2.75, 3.05) is 14.2 Å². The third-order valence-corrected chi connectivity index (χ3v) is 4.23. The van der Waals surface area contributed by atoms with E-state index in [1.807, 2.05) is 14.2 Å². The lowest BCUT2D eigenvalue weighted by atomic mass is 9.71. The first-order valence-electron chi connectivity index (χ1n) is 7.72. The van der Waals surface area contributed by atoms with Crippen LogP contribution in [0.5, 0.6) is 0 Å². The van der Waals surface area contributed by atoms with E-state index in [1.54, 1.807) is 0 Å². The van der Waals surface area contributed by atoms with Crippen LogP contribution in [0, 0.1) is 0 Å². The summed E-state index contributed by atoms with van der Waals surface area (Å²) in [6, 6.07) is 0. The van der Waals surface area contributed by atoms with Crippen LogP contribution in [0.25, 0.3) is 0 Å². The van der Waals surface area contributed by atoms with Crippen molar-refractivity contribution >= 4 is 0 Å². The Morgan fingerprint density at radius 2 is 0.778 bits per heavy atom. The first-order valence-corrected chi connectivity index (χ1v) is 7.72. The van der Waals surface area contributed by atoms with Crippen molar-refractivity contribution in [3.05, 3.63) is 0 Å². The topological polar surface area (TPSA) is 18.5 Å². The van der Waals surface area contributed by atoms with Gasteiger partial charge in [-0.2, -0.15) is 0 Å². The molecule has 0 spiro atoms. The molecule has 0 heterocycles. The highest BCUT2D eigenvalue weighted by Gasteiger charge is 2.49. The molecule has 2 heteroatoms. The summed E-state index contributed by atoms with van der Waals surface area (Å²) in [4.78, 5) is 0. The molecular formula is C16H34O2. The Kier molecular flexibility index (Phi) is 8.89. The Hall–Kier alpha value is -0.0800. The van der Waals surface area contributed by atoms with Crippen molar-refractivity contribution in [1.29, 1.82) is 0 Å². The molecule has 0 unspecified atom stereocenters. The van der Waals surface area contributed by atoms with Gasteiger partial charge in [-0.15, -0.1) is 0 Å². The molecule has 0 radical (unpaired) electrons. The van der Waals surface area contributed by atoms with Crippen molar-refractivity contribution in [2.24, 2.45) is 0 Å². The highest BCUT2D eigenvalue weighted by Crippen LogP contribution is 2.43. The monoisotopic (exact) mass is 258 g/mol. The smallest absolute Gasteiger partial charge is 0.0966 e. The largest absolute Gasteiger partial charge is 0.375 e. The summed E-state index contributed by atoms with van der Waals surface area (Å²) in [5.74, 6) is 0. The van der Waals surface area contributed by atoms with Crippen molar-refractivity contribution in [1.82, 2.24) is 0 Å². The average molecular weight is 258 g/mol. The predicted molar refractivity (Wildman–Crippen MR) is 79.1 cm³/mol. The van der Waals surface area contributed by atoms with Gasteiger partial charge in [-0.25, -0.2) is 0 Å². The van der Waals surface area contributed by atoms with Crippen molar-refractivity contribution in [3.8, 4) is 0 Å². The average Bonchev–Trinajstić information content (AvgIpc) is 2.37. The van der Waals surface area contributed by atoms with Crippen LogP contribution in [0.4, 0.5) is 0 Å². The molecule has 0 atom stereocenters. The molecule has 0 aliphatic rings. The second-order valence-corrected chi connectivity index (χ2v) is 5.40. The normalized spacial score (nSPS) is 13.0. The number of rotatable bonds is 11. The summed E-state index contributed by atoms with van der Waals surface area (Å²) in [5.41, 5.74) is -0.228. The summed E-state index contributed by atoms with van der Waals surface area (Å²) < 4.78 is 12.1. The molecule has 0 fully saturated rings. The van der Waals surface area contributed by atoms with E-state index in [0.717, 1.165) is 51.4 Å². The second-order valence-electron chi connectivity index (χ2n) is 5.40. The zero-order valence-corrected chi connectivity index (χ0v) is 13.5.